The molecule has 0 spiro atoms. The Morgan fingerprint density at radius 1 is 1.33 bits per heavy atom. The topological polar surface area (TPSA) is 79.6 Å². The second-order valence-electron chi connectivity index (χ2n) is 8.19. The lowest BCUT2D eigenvalue weighted by atomic mass is 9.97. The Morgan fingerprint density at radius 3 is 2.93 bits per heavy atom. The van der Waals surface area contributed by atoms with Crippen LogP contribution in [0.2, 0.25) is 0 Å². The van der Waals surface area contributed by atoms with E-state index in [-0.39, 0.29) is 0 Å². The number of piperidine rings is 1. The third-order valence-corrected chi connectivity index (χ3v) is 6.83. The van der Waals surface area contributed by atoms with Crippen LogP contribution in [0.3, 0.4) is 0 Å². The second kappa shape index (κ2) is 10.4. The number of hydrogen-bond donors (Lipinski definition) is 2. The summed E-state index contributed by atoms with van der Waals surface area (Å²) < 4.78 is 7.16. The molecule has 0 radical (unpaired) electrons. The van der Waals surface area contributed by atoms with E-state index in [2.05, 4.69) is 48.1 Å². The number of guanidine groups is 1. The molecular formula is C21H33N7OS. The van der Waals surface area contributed by atoms with Crippen molar-refractivity contribution in [1.29, 1.82) is 0 Å². The third kappa shape index (κ3) is 5.59. The van der Waals surface area contributed by atoms with E-state index in [1.807, 2.05) is 23.1 Å². The largest absolute Gasteiger partial charge is 0.377 e. The number of hydrogen-bond acceptors (Lipinski definition) is 6. The zero-order valence-corrected chi connectivity index (χ0v) is 18.8. The number of aryl methyl sites for hydroxylation is 1. The maximum Gasteiger partial charge on any atom is 0.191 e. The van der Waals surface area contributed by atoms with Gasteiger partial charge in [-0.05, 0) is 49.7 Å². The molecule has 164 valence electrons. The molecular weight excluding hydrogens is 398 g/mol. The van der Waals surface area contributed by atoms with Gasteiger partial charge >= 0.3 is 0 Å². The van der Waals surface area contributed by atoms with Gasteiger partial charge < -0.3 is 15.4 Å². The van der Waals surface area contributed by atoms with Crippen LogP contribution in [-0.4, -0.2) is 65.5 Å². The molecule has 2 N–H and O–H groups in total. The normalized spacial score (nSPS) is 20.9. The number of nitrogens with one attached hydrogen (secondary N) is 2. The molecule has 1 unspecified atom stereocenters. The minimum atomic E-state index is 0.313. The van der Waals surface area contributed by atoms with Crippen molar-refractivity contribution in [3.63, 3.8) is 0 Å². The fourth-order valence-electron chi connectivity index (χ4n) is 4.27. The highest BCUT2D eigenvalue weighted by atomic mass is 32.1. The van der Waals surface area contributed by atoms with Crippen LogP contribution in [0, 0.1) is 5.92 Å². The number of aliphatic imine (C=N–C) groups is 1. The Morgan fingerprint density at radius 2 is 2.20 bits per heavy atom. The van der Waals surface area contributed by atoms with Gasteiger partial charge in [-0.2, -0.15) is 5.10 Å². The fourth-order valence-corrected chi connectivity index (χ4v) is 5.02. The zero-order valence-electron chi connectivity index (χ0n) is 18.0. The maximum atomic E-state index is 5.15. The molecule has 0 saturated carbocycles. The van der Waals surface area contributed by atoms with Gasteiger partial charge in [0.05, 0.1) is 6.54 Å². The first kappa shape index (κ1) is 21.3. The molecule has 2 aliphatic rings. The molecule has 2 aromatic heterocycles. The van der Waals surface area contributed by atoms with Crippen LogP contribution in [0.15, 0.2) is 22.5 Å². The minimum absolute atomic E-state index is 0.313. The Bertz CT molecular complexity index is 811. The molecule has 0 aliphatic carbocycles. The van der Waals surface area contributed by atoms with Crippen molar-refractivity contribution < 1.29 is 4.74 Å². The van der Waals surface area contributed by atoms with Crippen LogP contribution in [0.5, 0.6) is 0 Å². The molecule has 1 fully saturated rings. The molecule has 30 heavy (non-hydrogen) atoms. The molecule has 4 heterocycles. The summed E-state index contributed by atoms with van der Waals surface area (Å²) in [6.45, 7) is 5.71. The Labute approximate surface area is 182 Å². The molecule has 1 atom stereocenters. The molecule has 9 heteroatoms. The van der Waals surface area contributed by atoms with Crippen LogP contribution >= 0.6 is 11.3 Å². The quantitative estimate of drug-likeness (QED) is 0.515. The monoisotopic (exact) mass is 431 g/mol. The number of rotatable bonds is 7. The summed E-state index contributed by atoms with van der Waals surface area (Å²) in [5.74, 6) is 3.41. The fraction of sp³-hybridized carbons (Fsp3) is 0.667. The lowest BCUT2D eigenvalue weighted by Gasteiger charge is -2.32. The van der Waals surface area contributed by atoms with Crippen molar-refractivity contribution in [1.82, 2.24) is 30.3 Å². The smallest absolute Gasteiger partial charge is 0.191 e. The van der Waals surface area contributed by atoms with E-state index in [1.54, 1.807) is 7.11 Å². The Kier molecular flexibility index (Phi) is 7.35. The number of nitrogens with zero attached hydrogens (tertiary/aromatic N) is 5. The highest BCUT2D eigenvalue weighted by Gasteiger charge is 2.23. The summed E-state index contributed by atoms with van der Waals surface area (Å²) in [7, 11) is 3.52. The molecule has 0 aromatic carbocycles. The van der Waals surface area contributed by atoms with Gasteiger partial charge in [-0.25, -0.2) is 9.67 Å². The summed E-state index contributed by atoms with van der Waals surface area (Å²) in [6.07, 6.45) is 4.44. The number of aromatic nitrogens is 3. The van der Waals surface area contributed by atoms with Gasteiger partial charge in [0, 0.05) is 44.6 Å². The van der Waals surface area contributed by atoms with E-state index >= 15 is 0 Å². The highest BCUT2D eigenvalue weighted by molar-refractivity contribution is 7.09. The van der Waals surface area contributed by atoms with Gasteiger partial charge in [-0.3, -0.25) is 9.89 Å². The van der Waals surface area contributed by atoms with E-state index in [4.69, 9.17) is 4.74 Å². The molecule has 8 nitrogen and oxygen atoms in total. The molecule has 1 saturated heterocycles. The van der Waals surface area contributed by atoms with Gasteiger partial charge in [-0.15, -0.1) is 11.3 Å². The number of ether oxygens (including phenoxy) is 1. The van der Waals surface area contributed by atoms with Crippen molar-refractivity contribution in [2.45, 2.75) is 51.4 Å². The zero-order chi connectivity index (χ0) is 20.8. The number of fused-ring (bicyclic) bond motifs is 1. The van der Waals surface area contributed by atoms with E-state index in [1.165, 1.54) is 30.8 Å². The Hall–Kier alpha value is -1.97. The van der Waals surface area contributed by atoms with E-state index in [0.29, 0.717) is 18.6 Å². The lowest BCUT2D eigenvalue weighted by Crippen LogP contribution is -2.48. The summed E-state index contributed by atoms with van der Waals surface area (Å²) >= 11 is 1.86. The van der Waals surface area contributed by atoms with Crippen LogP contribution in [0.4, 0.5) is 0 Å². The van der Waals surface area contributed by atoms with Gasteiger partial charge in [0.2, 0.25) is 0 Å². The highest BCUT2D eigenvalue weighted by Crippen LogP contribution is 2.20. The molecule has 0 amide bonds. The van der Waals surface area contributed by atoms with E-state index in [0.717, 1.165) is 50.1 Å². The SMILES string of the molecule is CN=C(NCC1CCN(Cc2cccs2)CC1)NC1CCc2nc(COC)nn2C1. The van der Waals surface area contributed by atoms with E-state index < -0.39 is 0 Å². The lowest BCUT2D eigenvalue weighted by molar-refractivity contribution is 0.177. The third-order valence-electron chi connectivity index (χ3n) is 5.96. The maximum absolute atomic E-state index is 5.15. The molecule has 4 rings (SSSR count). The first-order valence-electron chi connectivity index (χ1n) is 10.9. The molecule has 2 aromatic rings. The van der Waals surface area contributed by atoms with Crippen molar-refractivity contribution >= 4 is 17.3 Å². The predicted octanol–water partition coefficient (Wildman–Crippen LogP) is 1.88. The van der Waals surface area contributed by atoms with Gasteiger partial charge in [0.15, 0.2) is 11.8 Å². The summed E-state index contributed by atoms with van der Waals surface area (Å²) in [5.41, 5.74) is 0. The van der Waals surface area contributed by atoms with Crippen molar-refractivity contribution in [2.24, 2.45) is 10.9 Å². The van der Waals surface area contributed by atoms with E-state index in [9.17, 15) is 0 Å². The molecule has 0 bridgehead atoms. The summed E-state index contributed by atoms with van der Waals surface area (Å²) in [5, 5.41) is 13.8. The first-order chi connectivity index (χ1) is 14.7. The van der Waals surface area contributed by atoms with Gasteiger partial charge in [-0.1, -0.05) is 6.07 Å². The Balaban J connectivity index is 1.19. The summed E-state index contributed by atoms with van der Waals surface area (Å²) in [4.78, 5) is 13.0. The van der Waals surface area contributed by atoms with Crippen molar-refractivity contribution in [3.8, 4) is 0 Å². The minimum Gasteiger partial charge on any atom is -0.377 e. The average molecular weight is 432 g/mol. The second-order valence-corrected chi connectivity index (χ2v) is 9.22. The van der Waals surface area contributed by atoms with Crippen LogP contribution in [0.1, 0.15) is 35.8 Å². The van der Waals surface area contributed by atoms with Crippen LogP contribution in [0.25, 0.3) is 0 Å². The van der Waals surface area contributed by atoms with Gasteiger partial charge in [0.1, 0.15) is 12.4 Å². The predicted molar refractivity (Wildman–Crippen MR) is 120 cm³/mol. The molecule has 2 aliphatic heterocycles. The van der Waals surface area contributed by atoms with Crippen LogP contribution in [-0.2, 0) is 30.9 Å². The van der Waals surface area contributed by atoms with Crippen molar-refractivity contribution in [2.75, 3.05) is 33.8 Å². The average Bonchev–Trinajstić information content (AvgIpc) is 3.41. The summed E-state index contributed by atoms with van der Waals surface area (Å²) in [6, 6.07) is 4.69. The number of thiophene rings is 1. The first-order valence-corrected chi connectivity index (χ1v) is 11.7. The van der Waals surface area contributed by atoms with Crippen LogP contribution < -0.4 is 10.6 Å². The number of methoxy groups -OCH3 is 1. The van der Waals surface area contributed by atoms with Crippen molar-refractivity contribution in [3.05, 3.63) is 34.0 Å². The standard InChI is InChI=1S/C21H33N7OS/c1-22-21(24-17-5-6-20-25-19(15-29-2)26-28(20)13-17)23-12-16-7-9-27(10-8-16)14-18-4-3-11-30-18/h3-4,11,16-17H,5-10,12-15H2,1-2H3,(H2,22,23,24). The number of likely N-dealkylation sites (tertiary alicyclic amines) is 1. The van der Waals surface area contributed by atoms with Gasteiger partial charge in [0.25, 0.3) is 0 Å².